The monoisotopic (exact) mass is 434 g/mol. The summed E-state index contributed by atoms with van der Waals surface area (Å²) in [5, 5.41) is 1.51. The molecular formula is C27H21ClF2O. The molecule has 1 nitrogen and oxygen atoms in total. The van der Waals surface area contributed by atoms with Crippen molar-refractivity contribution in [1.82, 2.24) is 0 Å². The van der Waals surface area contributed by atoms with Crippen molar-refractivity contribution >= 4 is 22.4 Å². The van der Waals surface area contributed by atoms with E-state index in [1.165, 1.54) is 12.1 Å². The maximum Gasteiger partial charge on any atom is 0.142 e. The Morgan fingerprint density at radius 1 is 0.839 bits per heavy atom. The fourth-order valence-electron chi connectivity index (χ4n) is 3.58. The molecule has 0 radical (unpaired) electrons. The van der Waals surface area contributed by atoms with Crippen molar-refractivity contribution in [3.63, 3.8) is 0 Å². The van der Waals surface area contributed by atoms with Gasteiger partial charge in [-0.05, 0) is 70.8 Å². The zero-order chi connectivity index (χ0) is 21.8. The molecule has 0 aliphatic heterocycles. The molecule has 4 heteroatoms. The van der Waals surface area contributed by atoms with Crippen LogP contribution in [-0.4, -0.2) is 6.61 Å². The summed E-state index contributed by atoms with van der Waals surface area (Å²) >= 11 is 5.73. The van der Waals surface area contributed by atoms with E-state index in [4.69, 9.17) is 16.3 Å². The maximum absolute atomic E-state index is 15.1. The Morgan fingerprint density at radius 2 is 1.61 bits per heavy atom. The third-order valence-corrected chi connectivity index (χ3v) is 5.56. The van der Waals surface area contributed by atoms with Crippen molar-refractivity contribution in [2.45, 2.75) is 12.8 Å². The number of hydrogen-bond acceptors (Lipinski definition) is 1. The largest absolute Gasteiger partial charge is 0.490 e. The highest BCUT2D eigenvalue weighted by Crippen LogP contribution is 2.29. The molecule has 0 aromatic heterocycles. The SMILES string of the molecule is C=CCOc1ccc(-c2ccc3c(F)c(CCc4ccc(Cl)c(F)c4)ccc3c2)cc1. The minimum absolute atomic E-state index is 0.0929. The van der Waals surface area contributed by atoms with Crippen LogP contribution in [-0.2, 0) is 12.8 Å². The number of hydrogen-bond donors (Lipinski definition) is 0. The van der Waals surface area contributed by atoms with Gasteiger partial charge in [-0.2, -0.15) is 0 Å². The smallest absolute Gasteiger partial charge is 0.142 e. The van der Waals surface area contributed by atoms with Crippen LogP contribution in [0, 0.1) is 11.6 Å². The molecule has 0 atom stereocenters. The van der Waals surface area contributed by atoms with Gasteiger partial charge in [-0.1, -0.05) is 66.7 Å². The molecule has 0 aliphatic rings. The zero-order valence-electron chi connectivity index (χ0n) is 16.9. The van der Waals surface area contributed by atoms with Crippen LogP contribution in [0.1, 0.15) is 11.1 Å². The number of halogens is 3. The lowest BCUT2D eigenvalue weighted by molar-refractivity contribution is 0.363. The molecular weight excluding hydrogens is 414 g/mol. The zero-order valence-corrected chi connectivity index (χ0v) is 17.6. The first-order chi connectivity index (χ1) is 15.0. The summed E-state index contributed by atoms with van der Waals surface area (Å²) in [6, 6.07) is 21.9. The number of rotatable bonds is 7. The highest BCUT2D eigenvalue weighted by Gasteiger charge is 2.10. The van der Waals surface area contributed by atoms with Crippen molar-refractivity contribution in [3.05, 3.63) is 113 Å². The molecule has 0 saturated heterocycles. The molecule has 0 heterocycles. The fraction of sp³-hybridized carbons (Fsp3) is 0.111. The van der Waals surface area contributed by atoms with E-state index < -0.39 is 5.82 Å². The van der Waals surface area contributed by atoms with Crippen molar-refractivity contribution < 1.29 is 13.5 Å². The van der Waals surface area contributed by atoms with Crippen LogP contribution >= 0.6 is 11.6 Å². The summed E-state index contributed by atoms with van der Waals surface area (Å²) in [6.07, 6.45) is 2.72. The van der Waals surface area contributed by atoms with E-state index in [1.807, 2.05) is 48.5 Å². The van der Waals surface area contributed by atoms with Crippen molar-refractivity contribution in [1.29, 1.82) is 0 Å². The average Bonchev–Trinajstić information content (AvgIpc) is 2.79. The van der Waals surface area contributed by atoms with Gasteiger partial charge in [-0.3, -0.25) is 0 Å². The average molecular weight is 435 g/mol. The van der Waals surface area contributed by atoms with Crippen LogP contribution in [0.5, 0.6) is 5.75 Å². The van der Waals surface area contributed by atoms with E-state index in [0.717, 1.165) is 27.8 Å². The predicted octanol–water partition coefficient (Wildman–Crippen LogP) is 7.79. The standard InChI is InChI=1S/C27H21ClF2O/c1-2-15-31-23-11-8-19(9-12-23)21-10-13-24-22(17-21)7-6-20(27(24)30)5-3-18-4-14-25(28)26(29)16-18/h2,4,6-14,16-17H,1,3,5,15H2. The Labute approximate surface area is 185 Å². The molecule has 31 heavy (non-hydrogen) atoms. The number of ether oxygens (including phenoxy) is 1. The predicted molar refractivity (Wildman–Crippen MR) is 124 cm³/mol. The first-order valence-electron chi connectivity index (χ1n) is 10.0. The summed E-state index contributed by atoms with van der Waals surface area (Å²) < 4.78 is 34.2. The molecule has 4 aromatic carbocycles. The van der Waals surface area contributed by atoms with E-state index in [9.17, 15) is 4.39 Å². The second-order valence-electron chi connectivity index (χ2n) is 7.35. The van der Waals surface area contributed by atoms with Crippen LogP contribution in [0.25, 0.3) is 21.9 Å². The molecule has 156 valence electrons. The minimum atomic E-state index is -0.453. The molecule has 0 bridgehead atoms. The molecule has 0 aliphatic carbocycles. The third kappa shape index (κ3) is 4.78. The minimum Gasteiger partial charge on any atom is -0.490 e. The van der Waals surface area contributed by atoms with E-state index in [0.29, 0.717) is 30.4 Å². The van der Waals surface area contributed by atoms with E-state index in [2.05, 4.69) is 6.58 Å². The van der Waals surface area contributed by atoms with Crippen LogP contribution in [0.3, 0.4) is 0 Å². The third-order valence-electron chi connectivity index (χ3n) is 5.26. The topological polar surface area (TPSA) is 9.23 Å². The summed E-state index contributed by atoms with van der Waals surface area (Å²) in [5.41, 5.74) is 3.44. The van der Waals surface area contributed by atoms with Crippen LogP contribution in [0.15, 0.2) is 85.5 Å². The van der Waals surface area contributed by atoms with Gasteiger partial charge >= 0.3 is 0 Å². The van der Waals surface area contributed by atoms with E-state index in [1.54, 1.807) is 18.2 Å². The quantitative estimate of drug-likeness (QED) is 0.270. The Kier molecular flexibility index (Phi) is 6.34. The van der Waals surface area contributed by atoms with Gasteiger partial charge in [0.1, 0.15) is 24.0 Å². The van der Waals surface area contributed by atoms with Gasteiger partial charge in [0.25, 0.3) is 0 Å². The molecule has 4 rings (SSSR count). The summed E-state index contributed by atoms with van der Waals surface area (Å²) in [7, 11) is 0. The fourth-order valence-corrected chi connectivity index (χ4v) is 3.70. The second kappa shape index (κ2) is 9.32. The van der Waals surface area contributed by atoms with Crippen molar-refractivity contribution in [2.24, 2.45) is 0 Å². The van der Waals surface area contributed by atoms with Gasteiger partial charge < -0.3 is 4.74 Å². The number of aryl methyl sites for hydroxylation is 2. The lowest BCUT2D eigenvalue weighted by Gasteiger charge is -2.10. The normalized spacial score (nSPS) is 10.9. The van der Waals surface area contributed by atoms with E-state index in [-0.39, 0.29) is 10.8 Å². The molecule has 4 aromatic rings. The molecule has 0 spiro atoms. The Bertz CT molecular complexity index is 1230. The van der Waals surface area contributed by atoms with Crippen LogP contribution in [0.4, 0.5) is 8.78 Å². The van der Waals surface area contributed by atoms with Gasteiger partial charge in [-0.15, -0.1) is 0 Å². The van der Waals surface area contributed by atoms with E-state index >= 15 is 4.39 Å². The molecule has 0 saturated carbocycles. The molecule has 0 fully saturated rings. The van der Waals surface area contributed by atoms with Gasteiger partial charge in [-0.25, -0.2) is 8.78 Å². The molecule has 0 amide bonds. The van der Waals surface area contributed by atoms with Gasteiger partial charge in [0.2, 0.25) is 0 Å². The Morgan fingerprint density at radius 3 is 2.35 bits per heavy atom. The van der Waals surface area contributed by atoms with Gasteiger partial charge in [0, 0.05) is 5.39 Å². The number of fused-ring (bicyclic) bond motifs is 1. The number of benzene rings is 4. The van der Waals surface area contributed by atoms with Crippen molar-refractivity contribution in [3.8, 4) is 16.9 Å². The first-order valence-corrected chi connectivity index (χ1v) is 10.4. The Balaban J connectivity index is 1.54. The Hall–Kier alpha value is -3.17. The molecule has 0 N–H and O–H groups in total. The lowest BCUT2D eigenvalue weighted by Crippen LogP contribution is -1.97. The first kappa shape index (κ1) is 21.1. The van der Waals surface area contributed by atoms with Gasteiger partial charge in [0.05, 0.1) is 5.02 Å². The van der Waals surface area contributed by atoms with Crippen molar-refractivity contribution in [2.75, 3.05) is 6.61 Å². The highest BCUT2D eigenvalue weighted by atomic mass is 35.5. The highest BCUT2D eigenvalue weighted by molar-refractivity contribution is 6.30. The maximum atomic E-state index is 15.1. The summed E-state index contributed by atoms with van der Waals surface area (Å²) in [5.74, 6) is 0.0957. The second-order valence-corrected chi connectivity index (χ2v) is 7.75. The summed E-state index contributed by atoms with van der Waals surface area (Å²) in [4.78, 5) is 0. The molecule has 0 unspecified atom stereocenters. The lowest BCUT2D eigenvalue weighted by atomic mass is 9.97. The van der Waals surface area contributed by atoms with Gasteiger partial charge in [0.15, 0.2) is 0 Å². The summed E-state index contributed by atoms with van der Waals surface area (Å²) in [6.45, 7) is 4.10. The van der Waals surface area contributed by atoms with Crippen LogP contribution in [0.2, 0.25) is 5.02 Å². The van der Waals surface area contributed by atoms with Crippen LogP contribution < -0.4 is 4.74 Å².